The number of aromatic nitrogens is 2. The summed E-state index contributed by atoms with van der Waals surface area (Å²) in [4.78, 5) is 16.2. The van der Waals surface area contributed by atoms with E-state index < -0.39 is 0 Å². The van der Waals surface area contributed by atoms with Crippen molar-refractivity contribution in [2.75, 3.05) is 27.2 Å². The van der Waals surface area contributed by atoms with Gasteiger partial charge in [-0.3, -0.25) is 4.79 Å². The van der Waals surface area contributed by atoms with Crippen molar-refractivity contribution in [3.05, 3.63) is 24.0 Å². The SMILES string of the molecule is CN1CCC(N(C)C(=O)c2cccnn2)CC1. The van der Waals surface area contributed by atoms with E-state index >= 15 is 0 Å². The molecule has 1 aliphatic heterocycles. The van der Waals surface area contributed by atoms with Crippen LogP contribution >= 0.6 is 0 Å². The van der Waals surface area contributed by atoms with E-state index in [1.54, 1.807) is 23.2 Å². The average molecular weight is 234 g/mol. The predicted octanol–water partition coefficient (Wildman–Crippen LogP) is 0.643. The van der Waals surface area contributed by atoms with E-state index in [9.17, 15) is 4.79 Å². The van der Waals surface area contributed by atoms with Gasteiger partial charge < -0.3 is 9.80 Å². The summed E-state index contributed by atoms with van der Waals surface area (Å²) in [5.74, 6) is -0.0346. The molecule has 1 saturated heterocycles. The Morgan fingerprint density at radius 1 is 1.47 bits per heavy atom. The Balaban J connectivity index is 2.00. The highest BCUT2D eigenvalue weighted by molar-refractivity contribution is 5.92. The number of rotatable bonds is 2. The molecule has 1 aromatic rings. The fourth-order valence-electron chi connectivity index (χ4n) is 2.14. The van der Waals surface area contributed by atoms with Gasteiger partial charge in [0.25, 0.3) is 5.91 Å². The fourth-order valence-corrected chi connectivity index (χ4v) is 2.14. The molecule has 2 heterocycles. The topological polar surface area (TPSA) is 49.3 Å². The van der Waals surface area contributed by atoms with Crippen molar-refractivity contribution in [3.63, 3.8) is 0 Å². The molecule has 17 heavy (non-hydrogen) atoms. The average Bonchev–Trinajstić information content (AvgIpc) is 2.39. The van der Waals surface area contributed by atoms with Crippen LogP contribution in [0.3, 0.4) is 0 Å². The molecule has 1 amide bonds. The van der Waals surface area contributed by atoms with Gasteiger partial charge in [-0.05, 0) is 45.1 Å². The standard InChI is InChI=1S/C12H18N4O/c1-15-8-5-10(6-9-15)16(2)12(17)11-4-3-7-13-14-11/h3-4,7,10H,5-6,8-9H2,1-2H3. The van der Waals surface area contributed by atoms with Crippen molar-refractivity contribution < 1.29 is 4.79 Å². The molecule has 0 bridgehead atoms. The number of carbonyl (C=O) groups is 1. The summed E-state index contributed by atoms with van der Waals surface area (Å²) >= 11 is 0. The monoisotopic (exact) mass is 234 g/mol. The summed E-state index contributed by atoms with van der Waals surface area (Å²) < 4.78 is 0. The molecule has 0 aliphatic carbocycles. The molecule has 0 spiro atoms. The van der Waals surface area contributed by atoms with Crippen LogP contribution in [0, 0.1) is 0 Å². The second-order valence-corrected chi connectivity index (χ2v) is 4.56. The van der Waals surface area contributed by atoms with E-state index in [2.05, 4.69) is 22.1 Å². The van der Waals surface area contributed by atoms with E-state index in [1.165, 1.54) is 0 Å². The summed E-state index contributed by atoms with van der Waals surface area (Å²) in [6, 6.07) is 3.77. The van der Waals surface area contributed by atoms with Gasteiger partial charge in [0.1, 0.15) is 0 Å². The minimum atomic E-state index is -0.0346. The van der Waals surface area contributed by atoms with E-state index in [0.717, 1.165) is 25.9 Å². The highest BCUT2D eigenvalue weighted by Crippen LogP contribution is 2.15. The first-order valence-electron chi connectivity index (χ1n) is 5.92. The van der Waals surface area contributed by atoms with E-state index in [0.29, 0.717) is 11.7 Å². The lowest BCUT2D eigenvalue weighted by Gasteiger charge is -2.34. The normalized spacial score (nSPS) is 18.0. The van der Waals surface area contributed by atoms with E-state index in [1.807, 2.05) is 7.05 Å². The molecule has 0 aromatic carbocycles. The summed E-state index contributed by atoms with van der Waals surface area (Å²) in [5, 5.41) is 7.60. The van der Waals surface area contributed by atoms with Gasteiger partial charge in [0.2, 0.25) is 0 Å². The first kappa shape index (κ1) is 12.0. The molecule has 0 atom stereocenters. The molecular formula is C12H18N4O. The van der Waals surface area contributed by atoms with Crippen molar-refractivity contribution in [2.45, 2.75) is 18.9 Å². The Morgan fingerprint density at radius 3 is 2.76 bits per heavy atom. The molecule has 1 fully saturated rings. The maximum atomic E-state index is 12.1. The van der Waals surface area contributed by atoms with Crippen LogP contribution in [-0.4, -0.2) is 59.1 Å². The number of piperidine rings is 1. The molecule has 0 unspecified atom stereocenters. The molecular weight excluding hydrogens is 216 g/mol. The van der Waals surface area contributed by atoms with Crippen LogP contribution in [0.2, 0.25) is 0 Å². The number of nitrogens with zero attached hydrogens (tertiary/aromatic N) is 4. The molecule has 1 aromatic heterocycles. The Bertz CT molecular complexity index is 373. The van der Waals surface area contributed by atoms with Crippen LogP contribution < -0.4 is 0 Å². The minimum Gasteiger partial charge on any atom is -0.337 e. The zero-order valence-electron chi connectivity index (χ0n) is 10.3. The minimum absolute atomic E-state index is 0.0346. The van der Waals surface area contributed by atoms with Crippen LogP contribution in [0.4, 0.5) is 0 Å². The van der Waals surface area contributed by atoms with E-state index in [4.69, 9.17) is 0 Å². The number of likely N-dealkylation sites (tertiary alicyclic amines) is 1. The first-order valence-corrected chi connectivity index (χ1v) is 5.92. The quantitative estimate of drug-likeness (QED) is 0.753. The summed E-state index contributed by atoms with van der Waals surface area (Å²) in [6.07, 6.45) is 3.63. The third-order valence-corrected chi connectivity index (χ3v) is 3.35. The smallest absolute Gasteiger partial charge is 0.274 e. The molecule has 92 valence electrons. The summed E-state index contributed by atoms with van der Waals surface area (Å²) in [5.41, 5.74) is 0.425. The van der Waals surface area contributed by atoms with Crippen LogP contribution in [0.1, 0.15) is 23.3 Å². The molecule has 2 rings (SSSR count). The second-order valence-electron chi connectivity index (χ2n) is 4.56. The van der Waals surface area contributed by atoms with Gasteiger partial charge in [-0.2, -0.15) is 5.10 Å². The van der Waals surface area contributed by atoms with Gasteiger partial charge in [-0.25, -0.2) is 0 Å². The van der Waals surface area contributed by atoms with Crippen molar-refractivity contribution in [1.29, 1.82) is 0 Å². The van der Waals surface area contributed by atoms with Gasteiger partial charge in [-0.1, -0.05) is 0 Å². The molecule has 1 aliphatic rings. The molecule has 0 N–H and O–H groups in total. The lowest BCUT2D eigenvalue weighted by Crippen LogP contribution is -2.44. The van der Waals surface area contributed by atoms with E-state index in [-0.39, 0.29) is 5.91 Å². The molecule has 0 radical (unpaired) electrons. The Morgan fingerprint density at radius 2 is 2.18 bits per heavy atom. The lowest BCUT2D eigenvalue weighted by atomic mass is 10.0. The third kappa shape index (κ3) is 2.79. The zero-order valence-corrected chi connectivity index (χ0v) is 10.3. The summed E-state index contributed by atoms with van der Waals surface area (Å²) in [7, 11) is 3.97. The number of carbonyl (C=O) groups excluding carboxylic acids is 1. The number of hydrogen-bond acceptors (Lipinski definition) is 4. The zero-order chi connectivity index (χ0) is 12.3. The maximum Gasteiger partial charge on any atom is 0.274 e. The lowest BCUT2D eigenvalue weighted by molar-refractivity contribution is 0.0652. The highest BCUT2D eigenvalue weighted by Gasteiger charge is 2.25. The van der Waals surface area contributed by atoms with Crippen LogP contribution in [0.25, 0.3) is 0 Å². The largest absolute Gasteiger partial charge is 0.337 e. The predicted molar refractivity (Wildman–Crippen MR) is 64.6 cm³/mol. The molecule has 5 heteroatoms. The van der Waals surface area contributed by atoms with Gasteiger partial charge in [-0.15, -0.1) is 5.10 Å². The first-order chi connectivity index (χ1) is 8.18. The third-order valence-electron chi connectivity index (χ3n) is 3.35. The van der Waals surface area contributed by atoms with Crippen molar-refractivity contribution in [1.82, 2.24) is 20.0 Å². The van der Waals surface area contributed by atoms with Crippen LogP contribution in [0.15, 0.2) is 18.3 Å². The molecule has 0 saturated carbocycles. The highest BCUT2D eigenvalue weighted by atomic mass is 16.2. The van der Waals surface area contributed by atoms with Crippen molar-refractivity contribution in [3.8, 4) is 0 Å². The van der Waals surface area contributed by atoms with Gasteiger partial charge in [0.15, 0.2) is 5.69 Å². The maximum absolute atomic E-state index is 12.1. The second kappa shape index (κ2) is 5.23. The van der Waals surface area contributed by atoms with Crippen molar-refractivity contribution >= 4 is 5.91 Å². The van der Waals surface area contributed by atoms with Crippen molar-refractivity contribution in [2.24, 2.45) is 0 Å². The Kier molecular flexibility index (Phi) is 3.68. The number of hydrogen-bond donors (Lipinski definition) is 0. The molecule has 5 nitrogen and oxygen atoms in total. The van der Waals surface area contributed by atoms with Crippen LogP contribution in [0.5, 0.6) is 0 Å². The van der Waals surface area contributed by atoms with Crippen LogP contribution in [-0.2, 0) is 0 Å². The van der Waals surface area contributed by atoms with Gasteiger partial charge >= 0.3 is 0 Å². The Hall–Kier alpha value is -1.49. The van der Waals surface area contributed by atoms with Gasteiger partial charge in [0, 0.05) is 19.3 Å². The van der Waals surface area contributed by atoms with Gasteiger partial charge in [0.05, 0.1) is 0 Å². The number of amides is 1. The summed E-state index contributed by atoms with van der Waals surface area (Å²) in [6.45, 7) is 2.09. The fraction of sp³-hybridized carbons (Fsp3) is 0.583. The Labute approximate surface area is 101 Å².